The fourth-order valence-electron chi connectivity index (χ4n) is 2.02. The summed E-state index contributed by atoms with van der Waals surface area (Å²) in [5.41, 5.74) is 5.78. The number of hydrogen-bond donors (Lipinski definition) is 3. The quantitative estimate of drug-likeness (QED) is 0.389. The fraction of sp³-hybridized carbons (Fsp3) is 0.118. The molecule has 2 aromatic rings. The van der Waals surface area contributed by atoms with Crippen LogP contribution in [-0.2, 0) is 19.6 Å². The van der Waals surface area contributed by atoms with Gasteiger partial charge in [-0.25, -0.2) is 9.79 Å². The molecule has 4 N–H and O–H groups in total. The van der Waals surface area contributed by atoms with Gasteiger partial charge in [0.05, 0.1) is 18.5 Å². The Morgan fingerprint density at radius 2 is 1.79 bits per heavy atom. The molecule has 11 heteroatoms. The number of amides is 2. The number of nitrogens with one attached hydrogen (secondary N) is 2. The maximum Gasteiger partial charge on any atom is 0.413 e. The number of ether oxygens (including phenoxy) is 1. The normalized spacial score (nSPS) is 11.4. The van der Waals surface area contributed by atoms with Gasteiger partial charge in [-0.05, 0) is 30.3 Å². The Bertz CT molecular complexity index is 1010. The first kappa shape index (κ1) is 20.7. The largest absolute Gasteiger partial charge is 0.453 e. The predicted octanol–water partition coefficient (Wildman–Crippen LogP) is 1.71. The highest BCUT2D eigenvalue weighted by Gasteiger charge is 2.19. The van der Waals surface area contributed by atoms with Crippen molar-refractivity contribution in [3.05, 3.63) is 48.5 Å². The van der Waals surface area contributed by atoms with E-state index in [9.17, 15) is 18.0 Å². The lowest BCUT2D eigenvalue weighted by atomic mass is 10.2. The highest BCUT2D eigenvalue weighted by Crippen LogP contribution is 2.29. The number of benzene rings is 2. The zero-order valence-electron chi connectivity index (χ0n) is 15.0. The maximum absolute atomic E-state index is 12.5. The summed E-state index contributed by atoms with van der Waals surface area (Å²) in [6, 6.07) is 11.7. The van der Waals surface area contributed by atoms with Gasteiger partial charge in [-0.2, -0.15) is 8.42 Å². The number of hydrogen-bond acceptors (Lipinski definition) is 7. The third kappa shape index (κ3) is 5.71. The summed E-state index contributed by atoms with van der Waals surface area (Å²) in [4.78, 5) is 26.3. The van der Waals surface area contributed by atoms with Gasteiger partial charge in [-0.1, -0.05) is 18.2 Å². The van der Waals surface area contributed by atoms with E-state index in [0.29, 0.717) is 0 Å². The van der Waals surface area contributed by atoms with E-state index < -0.39 is 22.1 Å². The van der Waals surface area contributed by atoms with Gasteiger partial charge < -0.3 is 20.0 Å². The van der Waals surface area contributed by atoms with Crippen LogP contribution >= 0.6 is 0 Å². The molecular weight excluding hydrogens is 388 g/mol. The third-order valence-corrected chi connectivity index (χ3v) is 4.42. The van der Waals surface area contributed by atoms with Crippen LogP contribution in [-0.4, -0.2) is 33.5 Å². The van der Waals surface area contributed by atoms with Crippen LogP contribution in [0.5, 0.6) is 5.75 Å². The average molecular weight is 406 g/mol. The van der Waals surface area contributed by atoms with Crippen molar-refractivity contribution in [1.29, 1.82) is 0 Å². The number of nitrogens with zero attached hydrogens (tertiary/aromatic N) is 1. The molecule has 0 heterocycles. The van der Waals surface area contributed by atoms with Gasteiger partial charge in [0, 0.05) is 6.92 Å². The Hall–Kier alpha value is -3.60. The molecule has 0 aromatic heterocycles. The molecule has 2 amide bonds. The Morgan fingerprint density at radius 3 is 2.39 bits per heavy atom. The van der Waals surface area contributed by atoms with Crippen molar-refractivity contribution in [2.24, 2.45) is 10.7 Å². The Morgan fingerprint density at radius 1 is 1.11 bits per heavy atom. The molecular formula is C17H18N4O6S. The van der Waals surface area contributed by atoms with Gasteiger partial charge in [0.15, 0.2) is 0 Å². The first-order chi connectivity index (χ1) is 13.2. The van der Waals surface area contributed by atoms with E-state index in [2.05, 4.69) is 20.4 Å². The summed E-state index contributed by atoms with van der Waals surface area (Å²) in [5.74, 6) is -0.644. The Kier molecular flexibility index (Phi) is 6.55. The lowest BCUT2D eigenvalue weighted by molar-refractivity contribution is -0.114. The Labute approximate surface area is 161 Å². The molecule has 0 atom stereocenters. The molecule has 2 aromatic carbocycles. The van der Waals surface area contributed by atoms with Crippen LogP contribution < -0.4 is 20.6 Å². The standard InChI is InChI=1S/C17H18N4O6S/c1-11(22)19-14-9-8-13(10-15(14)20-16(18)21-17(23)26-2)28(24,25)27-12-6-4-3-5-7-12/h3-10H,1-2H3,(H,19,22)(H3,18,20,21,23). The van der Waals surface area contributed by atoms with Crippen LogP contribution in [0.4, 0.5) is 16.2 Å². The summed E-state index contributed by atoms with van der Waals surface area (Å²) in [7, 11) is -3.04. The van der Waals surface area contributed by atoms with Gasteiger partial charge in [-0.15, -0.1) is 0 Å². The van der Waals surface area contributed by atoms with E-state index in [4.69, 9.17) is 9.92 Å². The average Bonchev–Trinajstić information content (AvgIpc) is 2.63. The van der Waals surface area contributed by atoms with Crippen LogP contribution in [0.15, 0.2) is 58.4 Å². The zero-order valence-corrected chi connectivity index (χ0v) is 15.8. The third-order valence-electron chi connectivity index (χ3n) is 3.17. The molecule has 0 spiro atoms. The lowest BCUT2D eigenvalue weighted by Crippen LogP contribution is -2.36. The molecule has 0 fully saturated rings. The summed E-state index contributed by atoms with van der Waals surface area (Å²) in [5, 5.41) is 4.62. The highest BCUT2D eigenvalue weighted by molar-refractivity contribution is 7.87. The smallest absolute Gasteiger partial charge is 0.413 e. The highest BCUT2D eigenvalue weighted by atomic mass is 32.2. The number of aliphatic imine (C=N–C) groups is 1. The van der Waals surface area contributed by atoms with Crippen molar-refractivity contribution in [3.63, 3.8) is 0 Å². The van der Waals surface area contributed by atoms with Crippen LogP contribution in [0.1, 0.15) is 6.92 Å². The SMILES string of the molecule is COC(=O)NC(N)=Nc1cc(S(=O)(=O)Oc2ccccc2)ccc1NC(C)=O. The van der Waals surface area contributed by atoms with Crippen molar-refractivity contribution < 1.29 is 26.9 Å². The Balaban J connectivity index is 2.43. The van der Waals surface area contributed by atoms with E-state index in [1.165, 1.54) is 31.2 Å². The minimum atomic E-state index is -4.18. The zero-order chi connectivity index (χ0) is 20.7. The molecule has 0 unspecified atom stereocenters. The number of para-hydroxylation sites is 1. The van der Waals surface area contributed by atoms with E-state index in [-0.39, 0.29) is 28.0 Å². The number of nitrogens with two attached hydrogens (primary N) is 1. The van der Waals surface area contributed by atoms with E-state index in [1.54, 1.807) is 18.2 Å². The molecule has 0 saturated heterocycles. The minimum absolute atomic E-state index is 0.0122. The molecule has 0 radical (unpaired) electrons. The van der Waals surface area contributed by atoms with Gasteiger partial charge in [0.2, 0.25) is 11.9 Å². The maximum atomic E-state index is 12.5. The van der Waals surface area contributed by atoms with Crippen molar-refractivity contribution in [1.82, 2.24) is 5.32 Å². The van der Waals surface area contributed by atoms with Gasteiger partial charge >= 0.3 is 16.2 Å². The van der Waals surface area contributed by atoms with Crippen molar-refractivity contribution in [2.45, 2.75) is 11.8 Å². The number of alkyl carbamates (subject to hydrolysis) is 1. The molecule has 0 aliphatic carbocycles. The monoisotopic (exact) mass is 406 g/mol. The molecule has 10 nitrogen and oxygen atoms in total. The van der Waals surface area contributed by atoms with E-state index >= 15 is 0 Å². The summed E-state index contributed by atoms with van der Waals surface area (Å²) >= 11 is 0. The van der Waals surface area contributed by atoms with Crippen LogP contribution in [0.3, 0.4) is 0 Å². The van der Waals surface area contributed by atoms with Gasteiger partial charge in [0.1, 0.15) is 10.6 Å². The number of methoxy groups -OCH3 is 1. The summed E-state index contributed by atoms with van der Waals surface area (Å²) < 4.78 is 34.5. The van der Waals surface area contributed by atoms with Crippen LogP contribution in [0.2, 0.25) is 0 Å². The molecule has 0 aliphatic rings. The molecule has 2 rings (SSSR count). The summed E-state index contributed by atoms with van der Waals surface area (Å²) in [6.07, 6.45) is -0.862. The number of carbonyl (C=O) groups is 2. The van der Waals surface area contributed by atoms with Crippen molar-refractivity contribution >= 4 is 39.5 Å². The predicted molar refractivity (Wildman–Crippen MR) is 102 cm³/mol. The first-order valence-electron chi connectivity index (χ1n) is 7.81. The van der Waals surface area contributed by atoms with E-state index in [0.717, 1.165) is 13.2 Å². The number of guanidine groups is 1. The molecule has 0 aliphatic heterocycles. The van der Waals surface area contributed by atoms with Crippen LogP contribution in [0.25, 0.3) is 0 Å². The van der Waals surface area contributed by atoms with Gasteiger partial charge in [0.25, 0.3) is 0 Å². The number of rotatable bonds is 5. The van der Waals surface area contributed by atoms with Gasteiger partial charge in [-0.3, -0.25) is 10.1 Å². The fourth-order valence-corrected chi connectivity index (χ4v) is 2.97. The van der Waals surface area contributed by atoms with Crippen molar-refractivity contribution in [2.75, 3.05) is 12.4 Å². The van der Waals surface area contributed by atoms with E-state index in [1.807, 2.05) is 0 Å². The molecule has 0 bridgehead atoms. The number of anilines is 1. The summed E-state index contributed by atoms with van der Waals surface area (Å²) in [6.45, 7) is 1.27. The van der Waals surface area contributed by atoms with Crippen molar-refractivity contribution in [3.8, 4) is 5.75 Å². The van der Waals surface area contributed by atoms with Crippen LogP contribution in [0, 0.1) is 0 Å². The minimum Gasteiger partial charge on any atom is -0.453 e. The number of carbonyl (C=O) groups excluding carboxylic acids is 2. The lowest BCUT2D eigenvalue weighted by Gasteiger charge is -2.11. The molecule has 148 valence electrons. The molecule has 28 heavy (non-hydrogen) atoms. The second kappa shape index (κ2) is 8.86. The first-order valence-corrected chi connectivity index (χ1v) is 9.22. The molecule has 0 saturated carbocycles. The second-order valence-electron chi connectivity index (χ2n) is 5.32. The topological polar surface area (TPSA) is 149 Å². The second-order valence-corrected chi connectivity index (χ2v) is 6.87.